The van der Waals surface area contributed by atoms with E-state index in [2.05, 4.69) is 5.32 Å². The molecule has 1 saturated heterocycles. The van der Waals surface area contributed by atoms with Crippen LogP contribution in [-0.4, -0.2) is 35.1 Å². The van der Waals surface area contributed by atoms with Crippen molar-refractivity contribution >= 4 is 12.0 Å². The van der Waals surface area contributed by atoms with Crippen LogP contribution in [0.3, 0.4) is 0 Å². The molecular weight excluding hydrogens is 325 g/mol. The van der Waals surface area contributed by atoms with Crippen LogP contribution in [0.2, 0.25) is 0 Å². The van der Waals surface area contributed by atoms with Crippen LogP contribution in [0.1, 0.15) is 29.5 Å². The molecule has 0 aliphatic carbocycles. The Kier molecular flexibility index (Phi) is 5.36. The van der Waals surface area contributed by atoms with Crippen LogP contribution in [0.5, 0.6) is 0 Å². The van der Waals surface area contributed by atoms with Gasteiger partial charge in [-0.25, -0.2) is 4.79 Å². The lowest BCUT2D eigenvalue weighted by molar-refractivity contribution is -0.143. The van der Waals surface area contributed by atoms with Gasteiger partial charge in [0.2, 0.25) is 0 Å². The van der Waals surface area contributed by atoms with Gasteiger partial charge in [-0.1, -0.05) is 6.07 Å². The maximum Gasteiger partial charge on any atom is 0.416 e. The highest BCUT2D eigenvalue weighted by Crippen LogP contribution is 2.30. The first-order valence-electron chi connectivity index (χ1n) is 7.61. The minimum absolute atomic E-state index is 0.0943. The lowest BCUT2D eigenvalue weighted by atomic mass is 9.99. The number of hydrogen-bond donors (Lipinski definition) is 2. The smallest absolute Gasteiger partial charge is 0.416 e. The van der Waals surface area contributed by atoms with Crippen LogP contribution in [-0.2, 0) is 17.5 Å². The minimum Gasteiger partial charge on any atom is -0.481 e. The highest BCUT2D eigenvalue weighted by atomic mass is 19.4. The molecule has 1 aliphatic rings. The van der Waals surface area contributed by atoms with Crippen molar-refractivity contribution in [3.8, 4) is 0 Å². The lowest BCUT2D eigenvalue weighted by Gasteiger charge is -2.30. The number of nitrogens with zero attached hydrogens (tertiary/aromatic N) is 1. The van der Waals surface area contributed by atoms with Gasteiger partial charge < -0.3 is 15.3 Å². The number of piperidine rings is 1. The molecule has 24 heavy (non-hydrogen) atoms. The molecule has 0 aromatic heterocycles. The summed E-state index contributed by atoms with van der Waals surface area (Å²) in [5.74, 6) is -1.50. The van der Waals surface area contributed by atoms with Gasteiger partial charge in [0.15, 0.2) is 0 Å². The fourth-order valence-electron chi connectivity index (χ4n) is 2.72. The van der Waals surface area contributed by atoms with Crippen LogP contribution in [0.25, 0.3) is 0 Å². The third-order valence-electron chi connectivity index (χ3n) is 4.16. The number of carboxylic acid groups (broad SMARTS) is 1. The number of aliphatic carboxylic acids is 1. The molecule has 1 aliphatic heterocycles. The van der Waals surface area contributed by atoms with Crippen molar-refractivity contribution in [3.63, 3.8) is 0 Å². The molecule has 0 radical (unpaired) electrons. The number of urea groups is 1. The first-order chi connectivity index (χ1) is 11.2. The summed E-state index contributed by atoms with van der Waals surface area (Å²) in [6, 6.07) is 2.97. The number of aryl methyl sites for hydroxylation is 1. The van der Waals surface area contributed by atoms with Gasteiger partial charge in [-0.15, -0.1) is 0 Å². The summed E-state index contributed by atoms with van der Waals surface area (Å²) in [5, 5.41) is 11.7. The van der Waals surface area contributed by atoms with Gasteiger partial charge in [-0.3, -0.25) is 4.79 Å². The van der Waals surface area contributed by atoms with E-state index in [9.17, 15) is 22.8 Å². The summed E-state index contributed by atoms with van der Waals surface area (Å²) >= 11 is 0. The fraction of sp³-hybridized carbons (Fsp3) is 0.500. The molecule has 0 saturated carbocycles. The van der Waals surface area contributed by atoms with E-state index in [0.717, 1.165) is 12.1 Å². The molecule has 2 rings (SSSR count). The van der Waals surface area contributed by atoms with Crippen molar-refractivity contribution in [1.82, 2.24) is 10.2 Å². The number of benzene rings is 1. The quantitative estimate of drug-likeness (QED) is 0.886. The van der Waals surface area contributed by atoms with Gasteiger partial charge in [0.1, 0.15) is 0 Å². The molecule has 1 heterocycles. The fourth-order valence-corrected chi connectivity index (χ4v) is 2.72. The second-order valence-corrected chi connectivity index (χ2v) is 5.92. The number of likely N-dealkylation sites (tertiary alicyclic amines) is 1. The highest BCUT2D eigenvalue weighted by molar-refractivity contribution is 5.76. The molecule has 2 amide bonds. The molecule has 132 valence electrons. The molecule has 1 fully saturated rings. The van der Waals surface area contributed by atoms with Gasteiger partial charge in [0, 0.05) is 19.6 Å². The summed E-state index contributed by atoms with van der Waals surface area (Å²) in [4.78, 5) is 24.6. The van der Waals surface area contributed by atoms with Crippen LogP contribution < -0.4 is 5.32 Å². The summed E-state index contributed by atoms with van der Waals surface area (Å²) in [6.45, 7) is 2.27. The molecule has 1 aromatic carbocycles. The van der Waals surface area contributed by atoms with Crippen LogP contribution >= 0.6 is 0 Å². The van der Waals surface area contributed by atoms with Crippen molar-refractivity contribution in [2.75, 3.05) is 13.1 Å². The van der Waals surface area contributed by atoms with Crippen molar-refractivity contribution in [3.05, 3.63) is 34.9 Å². The summed E-state index contributed by atoms with van der Waals surface area (Å²) in [7, 11) is 0. The van der Waals surface area contributed by atoms with E-state index in [-0.39, 0.29) is 13.1 Å². The van der Waals surface area contributed by atoms with Crippen LogP contribution in [0, 0.1) is 12.8 Å². The van der Waals surface area contributed by atoms with Crippen molar-refractivity contribution < 1.29 is 27.9 Å². The number of nitrogens with one attached hydrogen (secondary N) is 1. The van der Waals surface area contributed by atoms with E-state index in [1.807, 2.05) is 0 Å². The average molecular weight is 344 g/mol. The Bertz CT molecular complexity index is 631. The number of hydrogen-bond acceptors (Lipinski definition) is 2. The maximum absolute atomic E-state index is 12.6. The van der Waals surface area contributed by atoms with E-state index in [1.54, 1.807) is 6.92 Å². The second-order valence-electron chi connectivity index (χ2n) is 5.92. The molecule has 2 N–H and O–H groups in total. The van der Waals surface area contributed by atoms with E-state index in [0.29, 0.717) is 30.5 Å². The molecule has 0 spiro atoms. The van der Waals surface area contributed by atoms with Gasteiger partial charge in [-0.05, 0) is 43.0 Å². The molecule has 1 unspecified atom stereocenters. The number of halogens is 3. The highest BCUT2D eigenvalue weighted by Gasteiger charge is 2.31. The molecule has 1 atom stereocenters. The summed E-state index contributed by atoms with van der Waals surface area (Å²) < 4.78 is 37.9. The Morgan fingerprint density at radius 2 is 2.08 bits per heavy atom. The van der Waals surface area contributed by atoms with Crippen LogP contribution in [0.15, 0.2) is 18.2 Å². The monoisotopic (exact) mass is 344 g/mol. The standard InChI is InChI=1S/C16H19F3N2O3/c1-10-7-13(16(17,18)19)5-4-11(10)8-20-15(24)21-6-2-3-12(9-21)14(22)23/h4-5,7,12H,2-3,6,8-9H2,1H3,(H,20,24)(H,22,23). The van der Waals surface area contributed by atoms with Crippen LogP contribution in [0.4, 0.5) is 18.0 Å². The topological polar surface area (TPSA) is 69.6 Å². The lowest BCUT2D eigenvalue weighted by Crippen LogP contribution is -2.46. The van der Waals surface area contributed by atoms with Gasteiger partial charge in [0.25, 0.3) is 0 Å². The minimum atomic E-state index is -4.40. The van der Waals surface area contributed by atoms with E-state index >= 15 is 0 Å². The molecule has 5 nitrogen and oxygen atoms in total. The zero-order valence-corrected chi connectivity index (χ0v) is 13.2. The maximum atomic E-state index is 12.6. The Labute approximate surface area is 137 Å². The van der Waals surface area contributed by atoms with E-state index in [4.69, 9.17) is 5.11 Å². The Morgan fingerprint density at radius 1 is 1.38 bits per heavy atom. The molecule has 1 aromatic rings. The van der Waals surface area contributed by atoms with Crippen molar-refractivity contribution in [1.29, 1.82) is 0 Å². The largest absolute Gasteiger partial charge is 0.481 e. The number of rotatable bonds is 3. The molecule has 8 heteroatoms. The van der Waals surface area contributed by atoms with Crippen molar-refractivity contribution in [2.24, 2.45) is 5.92 Å². The van der Waals surface area contributed by atoms with E-state index in [1.165, 1.54) is 11.0 Å². The predicted molar refractivity (Wildman–Crippen MR) is 80.3 cm³/mol. The first-order valence-corrected chi connectivity index (χ1v) is 7.61. The van der Waals surface area contributed by atoms with Gasteiger partial charge in [-0.2, -0.15) is 13.2 Å². The van der Waals surface area contributed by atoms with Gasteiger partial charge in [0.05, 0.1) is 11.5 Å². The Morgan fingerprint density at radius 3 is 2.67 bits per heavy atom. The zero-order valence-electron chi connectivity index (χ0n) is 13.2. The molecule has 0 bridgehead atoms. The number of alkyl halides is 3. The number of carbonyl (C=O) groups is 2. The van der Waals surface area contributed by atoms with Gasteiger partial charge >= 0.3 is 18.2 Å². The third kappa shape index (κ3) is 4.39. The number of amides is 2. The number of carboxylic acids is 1. The normalized spacial score (nSPS) is 18.3. The zero-order chi connectivity index (χ0) is 17.9. The Hall–Kier alpha value is -2.25. The number of carbonyl (C=O) groups excluding carboxylic acids is 1. The summed E-state index contributed by atoms with van der Waals surface area (Å²) in [6.07, 6.45) is -3.24. The molecular formula is C16H19F3N2O3. The summed E-state index contributed by atoms with van der Waals surface area (Å²) in [5.41, 5.74) is 0.297. The Balaban J connectivity index is 1.95. The SMILES string of the molecule is Cc1cc(C(F)(F)F)ccc1CNC(=O)N1CCCC(C(=O)O)C1. The van der Waals surface area contributed by atoms with E-state index < -0.39 is 29.7 Å². The second kappa shape index (κ2) is 7.11. The predicted octanol–water partition coefficient (Wildman–Crippen LogP) is 3.02. The average Bonchev–Trinajstić information content (AvgIpc) is 2.52. The first kappa shape index (κ1) is 18.1. The third-order valence-corrected chi connectivity index (χ3v) is 4.16. The van der Waals surface area contributed by atoms with Crippen molar-refractivity contribution in [2.45, 2.75) is 32.5 Å².